The van der Waals surface area contributed by atoms with Crippen LogP contribution in [0.15, 0.2) is 22.8 Å². The Hall–Kier alpha value is -0.410. The number of nitrogens with zero attached hydrogens (tertiary/aromatic N) is 1. The zero-order valence-corrected chi connectivity index (χ0v) is 12.5. The largest absolute Gasteiger partial charge is 0.311 e. The summed E-state index contributed by atoms with van der Waals surface area (Å²) in [6.07, 6.45) is 5.24. The molecule has 0 amide bonds. The Labute approximate surface area is 113 Å². The number of hydrogen-bond donors (Lipinski definition) is 1. The molecule has 0 saturated carbocycles. The molecule has 1 atom stereocenters. The highest BCUT2D eigenvalue weighted by molar-refractivity contribution is 9.10. The van der Waals surface area contributed by atoms with Crippen LogP contribution in [0.1, 0.15) is 45.2 Å². The van der Waals surface area contributed by atoms with E-state index in [1.165, 1.54) is 25.7 Å². The minimum Gasteiger partial charge on any atom is -0.311 e. The molecular formula is C14H23BrN2. The second-order valence-corrected chi connectivity index (χ2v) is 5.31. The lowest BCUT2D eigenvalue weighted by Crippen LogP contribution is -2.22. The van der Waals surface area contributed by atoms with Crippen molar-refractivity contribution < 1.29 is 0 Å². The van der Waals surface area contributed by atoms with E-state index >= 15 is 0 Å². The van der Waals surface area contributed by atoms with Gasteiger partial charge in [-0.3, -0.25) is 0 Å². The highest BCUT2D eigenvalue weighted by Crippen LogP contribution is 2.11. The topological polar surface area (TPSA) is 24.9 Å². The normalized spacial score (nSPS) is 12.6. The molecule has 17 heavy (non-hydrogen) atoms. The molecule has 1 N–H and O–H groups in total. The third-order valence-electron chi connectivity index (χ3n) is 3.06. The molecule has 0 spiro atoms. The van der Waals surface area contributed by atoms with E-state index in [9.17, 15) is 0 Å². The smallest absolute Gasteiger partial charge is 0.106 e. The van der Waals surface area contributed by atoms with Crippen molar-refractivity contribution in [2.45, 2.75) is 46.1 Å². The molecule has 0 bridgehead atoms. The molecule has 1 rings (SSSR count). The Morgan fingerprint density at radius 1 is 1.35 bits per heavy atom. The minimum absolute atomic E-state index is 0.808. The monoisotopic (exact) mass is 298 g/mol. The molecule has 0 aromatic carbocycles. The second kappa shape index (κ2) is 8.65. The van der Waals surface area contributed by atoms with Crippen LogP contribution in [0.2, 0.25) is 0 Å². The number of unbranched alkanes of at least 4 members (excludes halogenated alkanes) is 1. The summed E-state index contributed by atoms with van der Waals surface area (Å²) in [6, 6.07) is 6.05. The highest BCUT2D eigenvalue weighted by Gasteiger charge is 2.05. The second-order valence-electron chi connectivity index (χ2n) is 4.50. The van der Waals surface area contributed by atoms with Crippen molar-refractivity contribution in [3.8, 4) is 0 Å². The Balaban J connectivity index is 2.26. The average molecular weight is 299 g/mol. The molecule has 1 unspecified atom stereocenters. The van der Waals surface area contributed by atoms with Gasteiger partial charge in [0.15, 0.2) is 0 Å². The van der Waals surface area contributed by atoms with Crippen molar-refractivity contribution in [1.29, 1.82) is 0 Å². The highest BCUT2D eigenvalue weighted by atomic mass is 79.9. The first-order valence-electron chi connectivity index (χ1n) is 6.58. The zero-order valence-electron chi connectivity index (χ0n) is 10.9. The molecule has 0 radical (unpaired) electrons. The number of nitrogens with one attached hydrogen (secondary N) is 1. The summed E-state index contributed by atoms with van der Waals surface area (Å²) in [5.41, 5.74) is 1.10. The van der Waals surface area contributed by atoms with Gasteiger partial charge < -0.3 is 5.32 Å². The molecule has 3 heteroatoms. The van der Waals surface area contributed by atoms with Crippen LogP contribution in [0.5, 0.6) is 0 Å². The van der Waals surface area contributed by atoms with Gasteiger partial charge in [0.1, 0.15) is 4.60 Å². The van der Waals surface area contributed by atoms with Crippen LogP contribution >= 0.6 is 15.9 Å². The average Bonchev–Trinajstić information content (AvgIpc) is 2.33. The summed E-state index contributed by atoms with van der Waals surface area (Å²) in [4.78, 5) is 4.41. The SMILES string of the molecule is CCCCC(CC)CNCc1cccc(Br)n1. The molecule has 1 heterocycles. The van der Waals surface area contributed by atoms with Crippen molar-refractivity contribution in [2.75, 3.05) is 6.54 Å². The van der Waals surface area contributed by atoms with Gasteiger partial charge in [0.2, 0.25) is 0 Å². The lowest BCUT2D eigenvalue weighted by atomic mass is 9.99. The van der Waals surface area contributed by atoms with Crippen molar-refractivity contribution in [2.24, 2.45) is 5.92 Å². The maximum atomic E-state index is 4.41. The van der Waals surface area contributed by atoms with Crippen LogP contribution in [-0.2, 0) is 6.54 Å². The lowest BCUT2D eigenvalue weighted by Gasteiger charge is -2.15. The molecule has 0 fully saturated rings. The van der Waals surface area contributed by atoms with Crippen molar-refractivity contribution in [3.05, 3.63) is 28.5 Å². The van der Waals surface area contributed by atoms with E-state index < -0.39 is 0 Å². The molecule has 0 saturated heterocycles. The predicted molar refractivity (Wildman–Crippen MR) is 76.9 cm³/mol. The molecule has 2 nitrogen and oxygen atoms in total. The summed E-state index contributed by atoms with van der Waals surface area (Å²) in [5, 5.41) is 3.51. The molecule has 0 aliphatic rings. The van der Waals surface area contributed by atoms with Gasteiger partial charge in [0.25, 0.3) is 0 Å². The summed E-state index contributed by atoms with van der Waals surface area (Å²) < 4.78 is 0.912. The van der Waals surface area contributed by atoms with Gasteiger partial charge in [-0.15, -0.1) is 0 Å². The first-order valence-corrected chi connectivity index (χ1v) is 7.37. The maximum absolute atomic E-state index is 4.41. The van der Waals surface area contributed by atoms with Gasteiger partial charge >= 0.3 is 0 Å². The van der Waals surface area contributed by atoms with Crippen LogP contribution in [0.3, 0.4) is 0 Å². The van der Waals surface area contributed by atoms with E-state index in [4.69, 9.17) is 0 Å². The van der Waals surface area contributed by atoms with Crippen molar-refractivity contribution in [3.63, 3.8) is 0 Å². The number of pyridine rings is 1. The van der Waals surface area contributed by atoms with Gasteiger partial charge in [-0.25, -0.2) is 4.98 Å². The van der Waals surface area contributed by atoms with Crippen LogP contribution in [-0.4, -0.2) is 11.5 Å². The number of rotatable bonds is 8. The molecule has 0 aliphatic carbocycles. The van der Waals surface area contributed by atoms with Crippen LogP contribution in [0.25, 0.3) is 0 Å². The van der Waals surface area contributed by atoms with Crippen molar-refractivity contribution in [1.82, 2.24) is 10.3 Å². The number of hydrogen-bond acceptors (Lipinski definition) is 2. The van der Waals surface area contributed by atoms with Gasteiger partial charge in [-0.05, 0) is 46.9 Å². The van der Waals surface area contributed by atoms with Crippen LogP contribution in [0.4, 0.5) is 0 Å². The third-order valence-corrected chi connectivity index (χ3v) is 3.50. The van der Waals surface area contributed by atoms with E-state index in [1.807, 2.05) is 12.1 Å². The first-order chi connectivity index (χ1) is 8.26. The Morgan fingerprint density at radius 2 is 2.18 bits per heavy atom. The Kier molecular flexibility index (Phi) is 7.45. The predicted octanol–water partition coefficient (Wildman–Crippen LogP) is 4.15. The third kappa shape index (κ3) is 6.18. The molecule has 1 aromatic heterocycles. The van der Waals surface area contributed by atoms with Gasteiger partial charge in [0.05, 0.1) is 5.69 Å². The van der Waals surface area contributed by atoms with Crippen molar-refractivity contribution >= 4 is 15.9 Å². The summed E-state index contributed by atoms with van der Waals surface area (Å²) >= 11 is 3.39. The summed E-state index contributed by atoms with van der Waals surface area (Å²) in [6.45, 7) is 6.50. The minimum atomic E-state index is 0.808. The van der Waals surface area contributed by atoms with E-state index in [2.05, 4.69) is 46.1 Å². The molecule has 1 aromatic rings. The molecular weight excluding hydrogens is 276 g/mol. The Morgan fingerprint density at radius 3 is 2.82 bits per heavy atom. The van der Waals surface area contributed by atoms with Gasteiger partial charge in [-0.1, -0.05) is 39.2 Å². The molecule has 0 aliphatic heterocycles. The summed E-state index contributed by atoms with van der Waals surface area (Å²) in [7, 11) is 0. The van der Waals surface area contributed by atoms with Gasteiger partial charge in [0, 0.05) is 6.54 Å². The van der Waals surface area contributed by atoms with E-state index in [-0.39, 0.29) is 0 Å². The van der Waals surface area contributed by atoms with Crippen LogP contribution in [0, 0.1) is 5.92 Å². The lowest BCUT2D eigenvalue weighted by molar-refractivity contribution is 0.418. The molecule has 96 valence electrons. The fraction of sp³-hybridized carbons (Fsp3) is 0.643. The first kappa shape index (κ1) is 14.7. The quantitative estimate of drug-likeness (QED) is 0.729. The summed E-state index contributed by atoms with van der Waals surface area (Å²) in [5.74, 6) is 0.808. The van der Waals surface area contributed by atoms with E-state index in [0.717, 1.165) is 29.3 Å². The van der Waals surface area contributed by atoms with Crippen LogP contribution < -0.4 is 5.32 Å². The Bertz CT molecular complexity index is 315. The number of aromatic nitrogens is 1. The fourth-order valence-electron chi connectivity index (χ4n) is 1.90. The maximum Gasteiger partial charge on any atom is 0.106 e. The fourth-order valence-corrected chi connectivity index (χ4v) is 2.28. The van der Waals surface area contributed by atoms with E-state index in [0.29, 0.717) is 0 Å². The standard InChI is InChI=1S/C14H23BrN2/c1-3-5-7-12(4-2)10-16-11-13-8-6-9-14(15)17-13/h6,8-9,12,16H,3-5,7,10-11H2,1-2H3. The zero-order chi connectivity index (χ0) is 12.5. The van der Waals surface area contributed by atoms with Gasteiger partial charge in [-0.2, -0.15) is 0 Å². The van der Waals surface area contributed by atoms with E-state index in [1.54, 1.807) is 0 Å². The number of halogens is 1.